The number of ether oxygens (including phenoxy) is 1. The first-order valence-corrected chi connectivity index (χ1v) is 11.8. The number of carbonyl (C=O) groups is 4. The van der Waals surface area contributed by atoms with Crippen LogP contribution in [0.5, 0.6) is 0 Å². The van der Waals surface area contributed by atoms with E-state index in [1.165, 1.54) is 12.1 Å². The zero-order chi connectivity index (χ0) is 25.1. The molecule has 0 bridgehead atoms. The Kier molecular flexibility index (Phi) is 6.49. The number of nitrogens with zero attached hydrogens (tertiary/aromatic N) is 1. The van der Waals surface area contributed by atoms with E-state index < -0.39 is 23.9 Å². The molecule has 36 heavy (non-hydrogen) atoms. The summed E-state index contributed by atoms with van der Waals surface area (Å²) in [5.41, 5.74) is 5.03. The van der Waals surface area contributed by atoms with Crippen molar-refractivity contribution in [3.05, 3.63) is 95.1 Å². The Labute approximate surface area is 207 Å². The number of hydrogen-bond donors (Lipinski definition) is 1. The summed E-state index contributed by atoms with van der Waals surface area (Å²) in [7, 11) is 0. The van der Waals surface area contributed by atoms with E-state index >= 15 is 0 Å². The minimum atomic E-state index is -0.689. The molecule has 1 heterocycles. The monoisotopic (exact) mass is 484 g/mol. The first kappa shape index (κ1) is 23.3. The number of hydrogen-bond acceptors (Lipinski definition) is 6. The Balaban J connectivity index is 1.03. The third-order valence-electron chi connectivity index (χ3n) is 6.37. The summed E-state index contributed by atoms with van der Waals surface area (Å²) in [5.74, 6) is -2.01. The van der Waals surface area contributed by atoms with Crippen LogP contribution in [-0.4, -0.2) is 42.1 Å². The number of fused-ring (bicyclic) bond motifs is 4. The summed E-state index contributed by atoms with van der Waals surface area (Å²) >= 11 is 0. The van der Waals surface area contributed by atoms with Crippen molar-refractivity contribution in [3.63, 3.8) is 0 Å². The molecule has 3 amide bonds. The third-order valence-corrected chi connectivity index (χ3v) is 6.37. The normalized spacial score (nSPS) is 13.7. The summed E-state index contributed by atoms with van der Waals surface area (Å²) in [6, 6.07) is 22.5. The van der Waals surface area contributed by atoms with E-state index in [4.69, 9.17) is 9.57 Å². The Morgan fingerprint density at radius 2 is 1.28 bits per heavy atom. The van der Waals surface area contributed by atoms with Crippen LogP contribution in [0.4, 0.5) is 4.79 Å². The number of imide groups is 1. The van der Waals surface area contributed by atoms with Gasteiger partial charge in [0.05, 0.1) is 11.1 Å². The second kappa shape index (κ2) is 10.0. The third kappa shape index (κ3) is 4.45. The van der Waals surface area contributed by atoms with Gasteiger partial charge in [-0.3, -0.25) is 9.59 Å². The molecule has 5 rings (SSSR count). The molecule has 0 atom stereocenters. The van der Waals surface area contributed by atoms with Crippen LogP contribution < -0.4 is 5.32 Å². The topological polar surface area (TPSA) is 102 Å². The van der Waals surface area contributed by atoms with Crippen molar-refractivity contribution in [2.24, 2.45) is 0 Å². The Bertz CT molecular complexity index is 1270. The van der Waals surface area contributed by atoms with Crippen LogP contribution >= 0.6 is 0 Å². The Morgan fingerprint density at radius 1 is 0.750 bits per heavy atom. The largest absolute Gasteiger partial charge is 0.449 e. The van der Waals surface area contributed by atoms with Crippen LogP contribution in [0.1, 0.15) is 57.0 Å². The van der Waals surface area contributed by atoms with Crippen LogP contribution in [-0.2, 0) is 14.4 Å². The van der Waals surface area contributed by atoms with E-state index in [0.717, 1.165) is 22.3 Å². The van der Waals surface area contributed by atoms with Crippen molar-refractivity contribution in [1.29, 1.82) is 0 Å². The van der Waals surface area contributed by atoms with Gasteiger partial charge in [0.1, 0.15) is 6.61 Å². The van der Waals surface area contributed by atoms with Crippen LogP contribution in [0.15, 0.2) is 72.8 Å². The second-order valence-electron chi connectivity index (χ2n) is 8.62. The number of alkyl carbamates (subject to hydrolysis) is 1. The smallest absolute Gasteiger partial charge is 0.407 e. The van der Waals surface area contributed by atoms with Gasteiger partial charge >= 0.3 is 12.1 Å². The van der Waals surface area contributed by atoms with E-state index in [1.807, 2.05) is 24.3 Å². The van der Waals surface area contributed by atoms with Gasteiger partial charge in [0.2, 0.25) is 0 Å². The molecule has 0 unspecified atom stereocenters. The van der Waals surface area contributed by atoms with Gasteiger partial charge in [0.15, 0.2) is 0 Å². The van der Waals surface area contributed by atoms with Gasteiger partial charge in [-0.05, 0) is 47.2 Å². The highest BCUT2D eigenvalue weighted by atomic mass is 16.7. The zero-order valence-corrected chi connectivity index (χ0v) is 19.4. The van der Waals surface area contributed by atoms with Crippen molar-refractivity contribution in [3.8, 4) is 11.1 Å². The van der Waals surface area contributed by atoms with E-state index in [2.05, 4.69) is 29.6 Å². The summed E-state index contributed by atoms with van der Waals surface area (Å²) < 4.78 is 5.49. The summed E-state index contributed by atoms with van der Waals surface area (Å²) in [6.45, 7) is 0.545. The highest BCUT2D eigenvalue weighted by Crippen LogP contribution is 2.44. The average molecular weight is 485 g/mol. The molecular formula is C28H24N2O6. The molecule has 0 saturated carbocycles. The standard InChI is InChI=1S/C28H24N2O6/c31-25(36-30-26(32)22-13-5-6-14-23(22)27(30)33)15-7-8-16-29-28(34)35-17-24-20-11-3-1-9-18(20)19-10-2-4-12-21(19)24/h1-6,9-14,24H,7-8,15-17H2,(H,29,34). The maximum Gasteiger partial charge on any atom is 0.407 e. The fourth-order valence-electron chi connectivity index (χ4n) is 4.63. The van der Waals surface area contributed by atoms with E-state index in [1.54, 1.807) is 12.1 Å². The van der Waals surface area contributed by atoms with Gasteiger partial charge in [0, 0.05) is 18.9 Å². The Hall–Kier alpha value is -4.46. The van der Waals surface area contributed by atoms with Crippen LogP contribution in [0.25, 0.3) is 11.1 Å². The van der Waals surface area contributed by atoms with Gasteiger partial charge in [0.25, 0.3) is 11.8 Å². The molecule has 0 aromatic heterocycles. The van der Waals surface area contributed by atoms with E-state index in [-0.39, 0.29) is 30.1 Å². The molecule has 8 nitrogen and oxygen atoms in total. The Morgan fingerprint density at radius 3 is 1.86 bits per heavy atom. The lowest BCUT2D eigenvalue weighted by Gasteiger charge is -2.14. The second-order valence-corrected chi connectivity index (χ2v) is 8.62. The lowest BCUT2D eigenvalue weighted by molar-refractivity contribution is -0.168. The minimum Gasteiger partial charge on any atom is -0.449 e. The van der Waals surface area contributed by atoms with E-state index in [0.29, 0.717) is 24.4 Å². The zero-order valence-electron chi connectivity index (χ0n) is 19.4. The summed E-state index contributed by atoms with van der Waals surface area (Å²) in [4.78, 5) is 53.8. The molecule has 3 aromatic carbocycles. The lowest BCUT2D eigenvalue weighted by Crippen LogP contribution is -2.32. The number of rotatable bonds is 8. The minimum absolute atomic E-state index is 0.000223. The van der Waals surface area contributed by atoms with Gasteiger partial charge in [-0.1, -0.05) is 65.7 Å². The van der Waals surface area contributed by atoms with Gasteiger partial charge in [-0.2, -0.15) is 0 Å². The van der Waals surface area contributed by atoms with E-state index in [9.17, 15) is 19.2 Å². The van der Waals surface area contributed by atoms with Gasteiger partial charge < -0.3 is 14.9 Å². The van der Waals surface area contributed by atoms with Crippen molar-refractivity contribution in [2.75, 3.05) is 13.2 Å². The van der Waals surface area contributed by atoms with Crippen molar-refractivity contribution < 1.29 is 28.8 Å². The molecule has 0 saturated heterocycles. The quantitative estimate of drug-likeness (QED) is 0.374. The molecule has 182 valence electrons. The fraction of sp³-hybridized carbons (Fsp3) is 0.214. The molecule has 1 N–H and O–H groups in total. The summed E-state index contributed by atoms with van der Waals surface area (Å²) in [5, 5.41) is 3.20. The first-order valence-electron chi connectivity index (χ1n) is 11.8. The van der Waals surface area contributed by atoms with Crippen molar-refractivity contribution in [2.45, 2.75) is 25.2 Å². The van der Waals surface area contributed by atoms with Crippen LogP contribution in [0, 0.1) is 0 Å². The predicted octanol–water partition coefficient (Wildman–Crippen LogP) is 4.45. The molecule has 0 spiro atoms. The predicted molar refractivity (Wildman–Crippen MR) is 130 cm³/mol. The molecule has 8 heteroatoms. The summed E-state index contributed by atoms with van der Waals surface area (Å²) in [6.07, 6.45) is 0.387. The lowest BCUT2D eigenvalue weighted by atomic mass is 9.98. The molecular weight excluding hydrogens is 460 g/mol. The van der Waals surface area contributed by atoms with Crippen LogP contribution in [0.3, 0.4) is 0 Å². The van der Waals surface area contributed by atoms with Gasteiger partial charge in [-0.15, -0.1) is 0 Å². The maximum atomic E-state index is 12.3. The molecule has 1 aliphatic carbocycles. The molecule has 1 aliphatic heterocycles. The highest BCUT2D eigenvalue weighted by Gasteiger charge is 2.38. The SMILES string of the molecule is O=C(CCCCNC(=O)OCC1c2ccccc2-c2ccccc21)ON1C(=O)c2ccccc2C1=O. The average Bonchev–Trinajstić information content (AvgIpc) is 3.35. The number of hydroxylamine groups is 2. The van der Waals surface area contributed by atoms with Crippen molar-refractivity contribution in [1.82, 2.24) is 10.4 Å². The molecule has 0 fully saturated rings. The molecule has 0 radical (unpaired) electrons. The fourth-order valence-corrected chi connectivity index (χ4v) is 4.63. The number of carbonyl (C=O) groups excluding carboxylic acids is 4. The number of nitrogens with one attached hydrogen (secondary N) is 1. The van der Waals surface area contributed by atoms with Gasteiger partial charge in [-0.25, -0.2) is 9.59 Å². The number of amides is 3. The van der Waals surface area contributed by atoms with Crippen LogP contribution in [0.2, 0.25) is 0 Å². The number of unbranched alkanes of at least 4 members (excludes halogenated alkanes) is 1. The first-order chi connectivity index (χ1) is 17.5. The molecule has 2 aliphatic rings. The maximum absolute atomic E-state index is 12.3. The number of benzene rings is 3. The highest BCUT2D eigenvalue weighted by molar-refractivity contribution is 6.20. The molecule has 3 aromatic rings. The van der Waals surface area contributed by atoms with Crippen molar-refractivity contribution >= 4 is 23.9 Å².